The number of aliphatic hydroxyl groups excluding tert-OH is 1. The maximum absolute atomic E-state index is 9.69. The molecule has 0 aromatic carbocycles. The summed E-state index contributed by atoms with van der Waals surface area (Å²) >= 11 is 0. The van der Waals surface area contributed by atoms with E-state index >= 15 is 0 Å². The Hall–Kier alpha value is -0.560. The Kier molecular flexibility index (Phi) is 6.14. The Morgan fingerprint density at radius 2 is 2.04 bits per heavy atom. The Labute approximate surface area is 156 Å². The molecule has 1 heteroatoms. The first kappa shape index (κ1) is 19.2. The molecule has 3 saturated carbocycles. The van der Waals surface area contributed by atoms with Gasteiger partial charge in [0.15, 0.2) is 0 Å². The van der Waals surface area contributed by atoms with Crippen LogP contribution in [0.1, 0.15) is 85.5 Å². The van der Waals surface area contributed by atoms with Gasteiger partial charge in [0.1, 0.15) is 0 Å². The zero-order chi connectivity index (χ0) is 18.0. The van der Waals surface area contributed by atoms with Crippen LogP contribution in [-0.2, 0) is 0 Å². The average molecular weight is 345 g/mol. The molecule has 0 aromatic rings. The van der Waals surface area contributed by atoms with Gasteiger partial charge >= 0.3 is 0 Å². The van der Waals surface area contributed by atoms with Crippen molar-refractivity contribution in [3.8, 4) is 0 Å². The molecule has 6 unspecified atom stereocenters. The Balaban J connectivity index is 1.76. The van der Waals surface area contributed by atoms with Crippen molar-refractivity contribution in [3.63, 3.8) is 0 Å². The molecular weight excluding hydrogens is 304 g/mol. The number of rotatable bonds is 4. The molecule has 0 heterocycles. The normalized spacial score (nSPS) is 43.4. The predicted octanol–water partition coefficient (Wildman–Crippen LogP) is 6.53. The standard InChI is InChI=1S/C24H40O/c1-5-19-13-17(2)14-20(15-19)8-9-21-7-6-12-24(4)22(18(3)16-25)10-11-23(21)24/h8-9,17-19,22-23,25H,5-7,10-16H2,1-4H3. The summed E-state index contributed by atoms with van der Waals surface area (Å²) in [5, 5.41) is 9.69. The first-order valence-electron chi connectivity index (χ1n) is 11.0. The van der Waals surface area contributed by atoms with Crippen LogP contribution in [0.5, 0.6) is 0 Å². The molecule has 0 radical (unpaired) electrons. The van der Waals surface area contributed by atoms with Gasteiger partial charge in [0, 0.05) is 6.61 Å². The van der Waals surface area contributed by atoms with Gasteiger partial charge in [0.25, 0.3) is 0 Å². The second-order valence-electron chi connectivity index (χ2n) is 9.85. The van der Waals surface area contributed by atoms with Gasteiger partial charge in [-0.15, -0.1) is 0 Å². The molecule has 0 saturated heterocycles. The van der Waals surface area contributed by atoms with E-state index in [0.717, 1.165) is 17.8 Å². The number of hydrogen-bond acceptors (Lipinski definition) is 1. The highest BCUT2D eigenvalue weighted by Crippen LogP contribution is 2.59. The summed E-state index contributed by atoms with van der Waals surface area (Å²) in [7, 11) is 0. The third-order valence-corrected chi connectivity index (χ3v) is 8.02. The quantitative estimate of drug-likeness (QED) is 0.614. The number of hydrogen-bond donors (Lipinski definition) is 1. The maximum atomic E-state index is 9.69. The molecule has 3 rings (SSSR count). The number of allylic oxidation sites excluding steroid dienone is 4. The van der Waals surface area contributed by atoms with Crippen molar-refractivity contribution >= 4 is 0 Å². The Morgan fingerprint density at radius 3 is 2.76 bits per heavy atom. The molecule has 3 aliphatic rings. The van der Waals surface area contributed by atoms with E-state index in [9.17, 15) is 5.11 Å². The molecule has 142 valence electrons. The highest BCUT2D eigenvalue weighted by atomic mass is 16.3. The lowest BCUT2D eigenvalue weighted by Gasteiger charge is -2.44. The van der Waals surface area contributed by atoms with Gasteiger partial charge in [0.05, 0.1) is 0 Å². The summed E-state index contributed by atoms with van der Waals surface area (Å²) in [4.78, 5) is 0. The molecule has 3 aliphatic carbocycles. The summed E-state index contributed by atoms with van der Waals surface area (Å²) in [5.74, 6) is 3.70. The van der Waals surface area contributed by atoms with Crippen molar-refractivity contribution < 1.29 is 5.11 Å². The summed E-state index contributed by atoms with van der Waals surface area (Å²) in [5.41, 5.74) is 3.85. The van der Waals surface area contributed by atoms with Gasteiger partial charge in [0.2, 0.25) is 0 Å². The van der Waals surface area contributed by atoms with E-state index in [4.69, 9.17) is 0 Å². The second-order valence-corrected chi connectivity index (χ2v) is 9.85. The molecule has 0 bridgehead atoms. The van der Waals surface area contributed by atoms with Gasteiger partial charge in [-0.25, -0.2) is 0 Å². The van der Waals surface area contributed by atoms with Gasteiger partial charge < -0.3 is 5.11 Å². The van der Waals surface area contributed by atoms with E-state index in [-0.39, 0.29) is 0 Å². The minimum atomic E-state index is 0.354. The topological polar surface area (TPSA) is 20.2 Å². The smallest absolute Gasteiger partial charge is 0.0459 e. The lowest BCUT2D eigenvalue weighted by molar-refractivity contribution is 0.0690. The number of aliphatic hydroxyl groups is 1. The summed E-state index contributed by atoms with van der Waals surface area (Å²) in [6.45, 7) is 9.92. The largest absolute Gasteiger partial charge is 0.396 e. The fourth-order valence-electron chi connectivity index (χ4n) is 6.65. The zero-order valence-electron chi connectivity index (χ0n) is 17.1. The fraction of sp³-hybridized carbons (Fsp3) is 0.833. The van der Waals surface area contributed by atoms with Crippen LogP contribution in [0, 0.1) is 35.0 Å². The molecule has 6 atom stereocenters. The second kappa shape index (κ2) is 7.99. The molecule has 0 aliphatic heterocycles. The van der Waals surface area contributed by atoms with Crippen LogP contribution >= 0.6 is 0 Å². The van der Waals surface area contributed by atoms with Crippen molar-refractivity contribution in [1.82, 2.24) is 0 Å². The lowest BCUT2D eigenvalue weighted by Crippen LogP contribution is -2.36. The van der Waals surface area contributed by atoms with Crippen LogP contribution in [0.4, 0.5) is 0 Å². The average Bonchev–Trinajstić information content (AvgIpc) is 2.96. The fourth-order valence-corrected chi connectivity index (χ4v) is 6.65. The first-order valence-corrected chi connectivity index (χ1v) is 11.0. The van der Waals surface area contributed by atoms with E-state index in [1.165, 1.54) is 57.8 Å². The van der Waals surface area contributed by atoms with Crippen LogP contribution in [0.25, 0.3) is 0 Å². The number of fused-ring (bicyclic) bond motifs is 1. The lowest BCUT2D eigenvalue weighted by atomic mass is 9.61. The maximum Gasteiger partial charge on any atom is 0.0459 e. The van der Waals surface area contributed by atoms with E-state index in [1.807, 2.05) is 0 Å². The highest BCUT2D eigenvalue weighted by molar-refractivity contribution is 5.26. The van der Waals surface area contributed by atoms with Gasteiger partial charge in [-0.3, -0.25) is 0 Å². The van der Waals surface area contributed by atoms with Crippen LogP contribution < -0.4 is 0 Å². The Morgan fingerprint density at radius 1 is 1.24 bits per heavy atom. The van der Waals surface area contributed by atoms with Crippen molar-refractivity contribution in [3.05, 3.63) is 23.3 Å². The van der Waals surface area contributed by atoms with E-state index in [0.29, 0.717) is 23.9 Å². The van der Waals surface area contributed by atoms with Crippen LogP contribution in [0.2, 0.25) is 0 Å². The minimum Gasteiger partial charge on any atom is -0.396 e. The van der Waals surface area contributed by atoms with Crippen molar-refractivity contribution in [2.24, 2.45) is 35.0 Å². The van der Waals surface area contributed by atoms with Crippen LogP contribution in [-0.4, -0.2) is 11.7 Å². The van der Waals surface area contributed by atoms with E-state index in [2.05, 4.69) is 39.8 Å². The van der Waals surface area contributed by atoms with Crippen molar-refractivity contribution in [2.75, 3.05) is 6.61 Å². The van der Waals surface area contributed by atoms with Gasteiger partial charge in [-0.1, -0.05) is 57.4 Å². The first-order chi connectivity index (χ1) is 12.0. The SMILES string of the molecule is CCC1CC(=CC=C2CCCC3(C)C2CCC3C(C)CO)CC(C)C1. The third kappa shape index (κ3) is 3.92. The van der Waals surface area contributed by atoms with E-state index < -0.39 is 0 Å². The van der Waals surface area contributed by atoms with Gasteiger partial charge in [-0.2, -0.15) is 0 Å². The summed E-state index contributed by atoms with van der Waals surface area (Å²) in [6.07, 6.45) is 17.1. The van der Waals surface area contributed by atoms with Crippen molar-refractivity contribution in [1.29, 1.82) is 0 Å². The molecule has 1 nitrogen and oxygen atoms in total. The highest BCUT2D eigenvalue weighted by Gasteiger charge is 2.50. The minimum absolute atomic E-state index is 0.354. The molecule has 0 spiro atoms. The molecule has 25 heavy (non-hydrogen) atoms. The molecule has 3 fully saturated rings. The van der Waals surface area contributed by atoms with E-state index in [1.54, 1.807) is 11.1 Å². The molecule has 0 aromatic heterocycles. The zero-order valence-corrected chi connectivity index (χ0v) is 17.1. The Bertz CT molecular complexity index is 516. The molecular formula is C24H40O. The van der Waals surface area contributed by atoms with Gasteiger partial charge in [-0.05, 0) is 86.4 Å². The third-order valence-electron chi connectivity index (χ3n) is 8.02. The molecule has 0 amide bonds. The van der Waals surface area contributed by atoms with Crippen LogP contribution in [0.15, 0.2) is 23.3 Å². The molecule has 1 N–H and O–H groups in total. The van der Waals surface area contributed by atoms with Crippen molar-refractivity contribution in [2.45, 2.75) is 85.5 Å². The predicted molar refractivity (Wildman–Crippen MR) is 107 cm³/mol. The summed E-state index contributed by atoms with van der Waals surface area (Å²) < 4.78 is 0. The monoisotopic (exact) mass is 344 g/mol. The van der Waals surface area contributed by atoms with Crippen LogP contribution in [0.3, 0.4) is 0 Å². The summed E-state index contributed by atoms with van der Waals surface area (Å²) in [6, 6.07) is 0.